The Kier molecular flexibility index (Phi) is 4.81. The molecule has 0 heterocycles. The number of benzene rings is 2. The van der Waals surface area contributed by atoms with Gasteiger partial charge in [-0.3, -0.25) is 4.21 Å². The van der Waals surface area contributed by atoms with E-state index in [0.717, 1.165) is 11.1 Å². The first-order valence-electron chi connectivity index (χ1n) is 5.48. The second kappa shape index (κ2) is 6.37. The molecular formula is C14H12Cl2OS. The lowest BCUT2D eigenvalue weighted by Crippen LogP contribution is -2.00. The highest BCUT2D eigenvalue weighted by Gasteiger charge is 2.10. The molecule has 1 nitrogen and oxygen atoms in total. The number of hydrogen-bond donors (Lipinski definition) is 0. The SMILES string of the molecule is O=[S@](Cc1ccccc1)Cc1c(Cl)cccc1Cl. The quantitative estimate of drug-likeness (QED) is 0.815. The third-order valence-corrected chi connectivity index (χ3v) is 4.51. The molecule has 94 valence electrons. The molecule has 2 aromatic carbocycles. The van der Waals surface area contributed by atoms with Crippen molar-refractivity contribution in [1.82, 2.24) is 0 Å². The molecule has 0 spiro atoms. The first kappa shape index (κ1) is 13.6. The average molecular weight is 299 g/mol. The smallest absolute Gasteiger partial charge is 0.0518 e. The van der Waals surface area contributed by atoms with Crippen LogP contribution in [0, 0.1) is 0 Å². The molecule has 0 saturated carbocycles. The molecule has 2 rings (SSSR count). The van der Waals surface area contributed by atoms with Crippen LogP contribution >= 0.6 is 23.2 Å². The third kappa shape index (κ3) is 3.58. The topological polar surface area (TPSA) is 17.1 Å². The fourth-order valence-electron chi connectivity index (χ4n) is 1.64. The summed E-state index contributed by atoms with van der Waals surface area (Å²) >= 11 is 12.1. The molecular weight excluding hydrogens is 287 g/mol. The van der Waals surface area contributed by atoms with E-state index in [9.17, 15) is 4.21 Å². The minimum absolute atomic E-state index is 0.382. The number of halogens is 2. The van der Waals surface area contributed by atoms with Gasteiger partial charge in [-0.1, -0.05) is 59.6 Å². The van der Waals surface area contributed by atoms with Gasteiger partial charge in [-0.15, -0.1) is 0 Å². The highest BCUT2D eigenvalue weighted by Crippen LogP contribution is 2.26. The zero-order valence-electron chi connectivity index (χ0n) is 9.61. The minimum atomic E-state index is -1.01. The predicted octanol–water partition coefficient (Wildman–Crippen LogP) is 4.44. The van der Waals surface area contributed by atoms with E-state index in [-0.39, 0.29) is 0 Å². The zero-order valence-corrected chi connectivity index (χ0v) is 11.9. The molecule has 0 amide bonds. The van der Waals surface area contributed by atoms with Gasteiger partial charge < -0.3 is 0 Å². The maximum absolute atomic E-state index is 12.1. The van der Waals surface area contributed by atoms with Crippen molar-refractivity contribution in [2.45, 2.75) is 11.5 Å². The Balaban J connectivity index is 2.08. The van der Waals surface area contributed by atoms with Gasteiger partial charge in [0.25, 0.3) is 0 Å². The summed E-state index contributed by atoms with van der Waals surface area (Å²) in [5.41, 5.74) is 1.81. The number of hydrogen-bond acceptors (Lipinski definition) is 1. The summed E-state index contributed by atoms with van der Waals surface area (Å²) in [6.45, 7) is 0. The summed E-state index contributed by atoms with van der Waals surface area (Å²) in [4.78, 5) is 0. The molecule has 18 heavy (non-hydrogen) atoms. The van der Waals surface area contributed by atoms with Crippen LogP contribution in [0.3, 0.4) is 0 Å². The van der Waals surface area contributed by atoms with Crippen LogP contribution in [0.2, 0.25) is 10.0 Å². The normalized spacial score (nSPS) is 12.3. The van der Waals surface area contributed by atoms with Gasteiger partial charge in [0.2, 0.25) is 0 Å². The fourth-order valence-corrected chi connectivity index (χ4v) is 3.63. The minimum Gasteiger partial charge on any atom is -0.259 e. The Morgan fingerprint density at radius 2 is 1.44 bits per heavy atom. The molecule has 1 atom stereocenters. The summed E-state index contributed by atoms with van der Waals surface area (Å²) in [6.07, 6.45) is 0. The van der Waals surface area contributed by atoms with Gasteiger partial charge >= 0.3 is 0 Å². The second-order valence-corrected chi connectivity index (χ2v) is 6.19. The van der Waals surface area contributed by atoms with Crippen LogP contribution in [0.1, 0.15) is 11.1 Å². The van der Waals surface area contributed by atoms with Crippen molar-refractivity contribution in [1.29, 1.82) is 0 Å². The molecule has 0 N–H and O–H groups in total. The van der Waals surface area contributed by atoms with E-state index in [1.165, 1.54) is 0 Å². The van der Waals surface area contributed by atoms with Gasteiger partial charge in [0.05, 0.1) is 5.75 Å². The largest absolute Gasteiger partial charge is 0.259 e. The van der Waals surface area contributed by atoms with Crippen LogP contribution in [-0.2, 0) is 22.3 Å². The molecule has 0 aliphatic carbocycles. The molecule has 4 heteroatoms. The van der Waals surface area contributed by atoms with E-state index in [1.54, 1.807) is 18.2 Å². The van der Waals surface area contributed by atoms with Crippen LogP contribution in [0.15, 0.2) is 48.5 Å². The molecule has 2 aromatic rings. The van der Waals surface area contributed by atoms with Crippen LogP contribution in [0.25, 0.3) is 0 Å². The van der Waals surface area contributed by atoms with Crippen molar-refractivity contribution < 1.29 is 4.21 Å². The highest BCUT2D eigenvalue weighted by molar-refractivity contribution is 7.83. The molecule has 0 aliphatic heterocycles. The van der Waals surface area contributed by atoms with E-state index < -0.39 is 10.8 Å². The maximum atomic E-state index is 12.1. The third-order valence-electron chi connectivity index (χ3n) is 2.54. The first-order valence-corrected chi connectivity index (χ1v) is 7.73. The van der Waals surface area contributed by atoms with Gasteiger partial charge in [-0.2, -0.15) is 0 Å². The van der Waals surface area contributed by atoms with Crippen LogP contribution in [0.5, 0.6) is 0 Å². The average Bonchev–Trinajstić information content (AvgIpc) is 2.35. The summed E-state index contributed by atoms with van der Waals surface area (Å²) < 4.78 is 12.1. The van der Waals surface area contributed by atoms with Crippen molar-refractivity contribution in [2.75, 3.05) is 0 Å². The van der Waals surface area contributed by atoms with E-state index in [0.29, 0.717) is 21.6 Å². The monoisotopic (exact) mass is 298 g/mol. The van der Waals surface area contributed by atoms with E-state index in [2.05, 4.69) is 0 Å². The van der Waals surface area contributed by atoms with E-state index >= 15 is 0 Å². The van der Waals surface area contributed by atoms with Crippen LogP contribution in [-0.4, -0.2) is 4.21 Å². The first-order chi connectivity index (χ1) is 8.66. The van der Waals surface area contributed by atoms with Crippen molar-refractivity contribution >= 4 is 34.0 Å². The zero-order chi connectivity index (χ0) is 13.0. The molecule has 0 aliphatic rings. The van der Waals surface area contributed by atoms with Crippen molar-refractivity contribution in [3.63, 3.8) is 0 Å². The van der Waals surface area contributed by atoms with Gasteiger partial charge in [0.15, 0.2) is 0 Å². The lowest BCUT2D eigenvalue weighted by atomic mass is 10.2. The van der Waals surface area contributed by atoms with Gasteiger partial charge in [-0.25, -0.2) is 0 Å². The van der Waals surface area contributed by atoms with E-state index in [4.69, 9.17) is 23.2 Å². The Bertz CT molecular complexity index is 535. The van der Waals surface area contributed by atoms with Crippen molar-refractivity contribution in [3.8, 4) is 0 Å². The summed E-state index contributed by atoms with van der Waals surface area (Å²) in [5.74, 6) is 0.899. The standard InChI is InChI=1S/C14H12Cl2OS/c15-13-7-4-8-14(16)12(13)10-18(17)9-11-5-2-1-3-6-11/h1-8H,9-10H2/t18-/m1/s1. The fraction of sp³-hybridized carbons (Fsp3) is 0.143. The van der Waals surface area contributed by atoms with E-state index in [1.807, 2.05) is 30.3 Å². The van der Waals surface area contributed by atoms with Crippen molar-refractivity contribution in [2.24, 2.45) is 0 Å². The van der Waals surface area contributed by atoms with Crippen LogP contribution in [0.4, 0.5) is 0 Å². The Morgan fingerprint density at radius 3 is 2.06 bits per heavy atom. The summed E-state index contributed by atoms with van der Waals surface area (Å²) in [7, 11) is -1.01. The van der Waals surface area contributed by atoms with Crippen LogP contribution < -0.4 is 0 Å². The van der Waals surface area contributed by atoms with Crippen molar-refractivity contribution in [3.05, 3.63) is 69.7 Å². The maximum Gasteiger partial charge on any atom is 0.0518 e. The lowest BCUT2D eigenvalue weighted by molar-refractivity contribution is 0.682. The predicted molar refractivity (Wildman–Crippen MR) is 78.5 cm³/mol. The molecule has 0 saturated heterocycles. The highest BCUT2D eigenvalue weighted by atomic mass is 35.5. The molecule has 0 fully saturated rings. The Morgan fingerprint density at radius 1 is 0.833 bits per heavy atom. The molecule has 0 bridgehead atoms. The lowest BCUT2D eigenvalue weighted by Gasteiger charge is -2.07. The number of rotatable bonds is 4. The Labute approximate surface area is 119 Å². The molecule has 0 unspecified atom stereocenters. The summed E-state index contributed by atoms with van der Waals surface area (Å²) in [5, 5.41) is 1.15. The second-order valence-electron chi connectivity index (χ2n) is 3.91. The molecule has 0 aromatic heterocycles. The van der Waals surface area contributed by atoms with Gasteiger partial charge in [0.1, 0.15) is 0 Å². The van der Waals surface area contributed by atoms with Gasteiger partial charge in [-0.05, 0) is 17.7 Å². The Hall–Kier alpha value is -0.830. The molecule has 0 radical (unpaired) electrons. The summed E-state index contributed by atoms with van der Waals surface area (Å²) in [6, 6.07) is 15.1. The van der Waals surface area contributed by atoms with Gasteiger partial charge in [0, 0.05) is 32.2 Å².